The maximum Gasteiger partial charge on any atom is 0.270 e. The van der Waals surface area contributed by atoms with Gasteiger partial charge in [0.15, 0.2) is 0 Å². The smallest absolute Gasteiger partial charge is 0.270 e. The Morgan fingerprint density at radius 1 is 1.33 bits per heavy atom. The molecule has 2 rings (SSSR count). The van der Waals surface area contributed by atoms with Crippen molar-refractivity contribution in [1.82, 2.24) is 10.3 Å². The Morgan fingerprint density at radius 3 is 2.83 bits per heavy atom. The Kier molecular flexibility index (Phi) is 3.94. The third-order valence-corrected chi connectivity index (χ3v) is 3.61. The summed E-state index contributed by atoms with van der Waals surface area (Å²) in [6.07, 6.45) is 0. The second-order valence-electron chi connectivity index (χ2n) is 3.87. The minimum absolute atomic E-state index is 0.00228. The van der Waals surface area contributed by atoms with Gasteiger partial charge < -0.3 is 10.6 Å². The molecular formula is C13H15N3OS. The SMILES string of the molecule is CNc1cccc(C(=O)NC(C)c2cccs2)n1. The fraction of sp³-hybridized carbons (Fsp3) is 0.231. The molecule has 0 fully saturated rings. The number of nitrogens with zero attached hydrogens (tertiary/aromatic N) is 1. The third kappa shape index (κ3) is 2.87. The van der Waals surface area contributed by atoms with E-state index in [9.17, 15) is 4.79 Å². The molecule has 0 bridgehead atoms. The maximum absolute atomic E-state index is 12.0. The first kappa shape index (κ1) is 12.6. The molecule has 94 valence electrons. The van der Waals surface area contributed by atoms with Crippen LogP contribution in [0.1, 0.15) is 28.3 Å². The van der Waals surface area contributed by atoms with Gasteiger partial charge in [0.05, 0.1) is 6.04 Å². The van der Waals surface area contributed by atoms with E-state index >= 15 is 0 Å². The van der Waals surface area contributed by atoms with Crippen LogP contribution in [-0.4, -0.2) is 17.9 Å². The van der Waals surface area contributed by atoms with E-state index < -0.39 is 0 Å². The van der Waals surface area contributed by atoms with Crippen molar-refractivity contribution < 1.29 is 4.79 Å². The summed E-state index contributed by atoms with van der Waals surface area (Å²) < 4.78 is 0. The van der Waals surface area contributed by atoms with Gasteiger partial charge in [-0.25, -0.2) is 4.98 Å². The average molecular weight is 261 g/mol. The van der Waals surface area contributed by atoms with Crippen LogP contribution in [0.4, 0.5) is 5.82 Å². The number of aromatic nitrogens is 1. The van der Waals surface area contributed by atoms with Crippen LogP contribution in [-0.2, 0) is 0 Å². The molecule has 1 unspecified atom stereocenters. The van der Waals surface area contributed by atoms with E-state index in [4.69, 9.17) is 0 Å². The van der Waals surface area contributed by atoms with E-state index in [1.165, 1.54) is 0 Å². The fourth-order valence-electron chi connectivity index (χ4n) is 1.58. The number of thiophene rings is 1. The molecule has 0 saturated carbocycles. The lowest BCUT2D eigenvalue weighted by atomic mass is 10.2. The Labute approximate surface area is 110 Å². The summed E-state index contributed by atoms with van der Waals surface area (Å²) in [6, 6.07) is 9.31. The van der Waals surface area contributed by atoms with Crippen LogP contribution in [0.15, 0.2) is 35.7 Å². The molecule has 0 spiro atoms. The van der Waals surface area contributed by atoms with E-state index in [0.717, 1.165) is 4.88 Å². The minimum Gasteiger partial charge on any atom is -0.373 e. The van der Waals surface area contributed by atoms with Crippen molar-refractivity contribution >= 4 is 23.1 Å². The van der Waals surface area contributed by atoms with Crippen LogP contribution in [0.25, 0.3) is 0 Å². The van der Waals surface area contributed by atoms with Gasteiger partial charge in [-0.05, 0) is 30.5 Å². The third-order valence-electron chi connectivity index (χ3n) is 2.56. The van der Waals surface area contributed by atoms with E-state index in [-0.39, 0.29) is 11.9 Å². The highest BCUT2D eigenvalue weighted by Crippen LogP contribution is 2.18. The molecule has 18 heavy (non-hydrogen) atoms. The van der Waals surface area contributed by atoms with Crippen LogP contribution in [0, 0.1) is 0 Å². The lowest BCUT2D eigenvalue weighted by molar-refractivity contribution is 0.0935. The lowest BCUT2D eigenvalue weighted by Crippen LogP contribution is -2.27. The van der Waals surface area contributed by atoms with Crippen molar-refractivity contribution in [3.05, 3.63) is 46.3 Å². The zero-order valence-electron chi connectivity index (χ0n) is 10.3. The van der Waals surface area contributed by atoms with Gasteiger partial charge in [0.2, 0.25) is 0 Å². The zero-order valence-corrected chi connectivity index (χ0v) is 11.1. The number of rotatable bonds is 4. The predicted molar refractivity (Wildman–Crippen MR) is 74.0 cm³/mol. The van der Waals surface area contributed by atoms with E-state index in [1.807, 2.05) is 36.6 Å². The molecule has 2 N–H and O–H groups in total. The first-order chi connectivity index (χ1) is 8.70. The van der Waals surface area contributed by atoms with Crippen LogP contribution in [0.3, 0.4) is 0 Å². The summed E-state index contributed by atoms with van der Waals surface area (Å²) in [7, 11) is 1.78. The summed E-state index contributed by atoms with van der Waals surface area (Å²) in [5, 5.41) is 7.84. The van der Waals surface area contributed by atoms with Crippen molar-refractivity contribution in [2.45, 2.75) is 13.0 Å². The highest BCUT2D eigenvalue weighted by Gasteiger charge is 2.13. The number of anilines is 1. The van der Waals surface area contributed by atoms with Gasteiger partial charge in [0.25, 0.3) is 5.91 Å². The molecule has 0 saturated heterocycles. The van der Waals surface area contributed by atoms with Crippen LogP contribution < -0.4 is 10.6 Å². The summed E-state index contributed by atoms with van der Waals surface area (Å²) in [5.74, 6) is 0.527. The van der Waals surface area contributed by atoms with E-state index in [0.29, 0.717) is 11.5 Å². The Balaban J connectivity index is 2.07. The number of nitrogens with one attached hydrogen (secondary N) is 2. The number of carbonyl (C=O) groups is 1. The maximum atomic E-state index is 12.0. The van der Waals surface area contributed by atoms with Gasteiger partial charge in [-0.15, -0.1) is 11.3 Å². The Morgan fingerprint density at radius 2 is 2.17 bits per heavy atom. The van der Waals surface area contributed by atoms with Gasteiger partial charge in [0, 0.05) is 11.9 Å². The van der Waals surface area contributed by atoms with E-state index in [2.05, 4.69) is 15.6 Å². The molecule has 5 heteroatoms. The highest BCUT2D eigenvalue weighted by molar-refractivity contribution is 7.10. The molecule has 2 heterocycles. The van der Waals surface area contributed by atoms with Crippen LogP contribution in [0.2, 0.25) is 0 Å². The summed E-state index contributed by atoms with van der Waals surface area (Å²) in [6.45, 7) is 1.96. The fourth-order valence-corrected chi connectivity index (χ4v) is 2.31. The van der Waals surface area contributed by atoms with Crippen molar-refractivity contribution in [1.29, 1.82) is 0 Å². The molecule has 2 aromatic heterocycles. The molecule has 2 aromatic rings. The largest absolute Gasteiger partial charge is 0.373 e. The second kappa shape index (κ2) is 5.64. The van der Waals surface area contributed by atoms with Crippen LogP contribution >= 0.6 is 11.3 Å². The number of pyridine rings is 1. The predicted octanol–water partition coefficient (Wildman–Crippen LogP) is 2.68. The first-order valence-corrected chi connectivity index (χ1v) is 6.57. The normalized spacial score (nSPS) is 11.9. The molecule has 1 atom stereocenters. The van der Waals surface area contributed by atoms with Gasteiger partial charge >= 0.3 is 0 Å². The second-order valence-corrected chi connectivity index (χ2v) is 4.85. The van der Waals surface area contributed by atoms with Gasteiger partial charge in [-0.1, -0.05) is 12.1 Å². The molecule has 0 radical (unpaired) electrons. The molecule has 0 aliphatic rings. The monoisotopic (exact) mass is 261 g/mol. The topological polar surface area (TPSA) is 54.0 Å². The molecular weight excluding hydrogens is 246 g/mol. The van der Waals surface area contributed by atoms with Gasteiger partial charge in [-0.3, -0.25) is 4.79 Å². The van der Waals surface area contributed by atoms with E-state index in [1.54, 1.807) is 24.5 Å². The zero-order chi connectivity index (χ0) is 13.0. The van der Waals surface area contributed by atoms with Crippen molar-refractivity contribution in [2.24, 2.45) is 0 Å². The first-order valence-electron chi connectivity index (χ1n) is 5.70. The van der Waals surface area contributed by atoms with Gasteiger partial charge in [0.1, 0.15) is 11.5 Å². The number of hydrogen-bond acceptors (Lipinski definition) is 4. The minimum atomic E-state index is -0.159. The molecule has 0 aliphatic carbocycles. The molecule has 0 aromatic carbocycles. The standard InChI is InChI=1S/C13H15N3OS/c1-9(11-6-4-8-18-11)15-13(17)10-5-3-7-12(14-2)16-10/h3-9H,1-2H3,(H,14,16)(H,15,17). The van der Waals surface area contributed by atoms with Crippen molar-refractivity contribution in [3.8, 4) is 0 Å². The quantitative estimate of drug-likeness (QED) is 0.889. The molecule has 0 aliphatic heterocycles. The number of amides is 1. The lowest BCUT2D eigenvalue weighted by Gasteiger charge is -2.12. The number of carbonyl (C=O) groups excluding carboxylic acids is 1. The summed E-state index contributed by atoms with van der Waals surface area (Å²) in [5.41, 5.74) is 0.422. The Bertz CT molecular complexity index is 525. The summed E-state index contributed by atoms with van der Waals surface area (Å²) >= 11 is 1.63. The highest BCUT2D eigenvalue weighted by atomic mass is 32.1. The Hall–Kier alpha value is -1.88. The summed E-state index contributed by atoms with van der Waals surface area (Å²) in [4.78, 5) is 17.4. The number of hydrogen-bond donors (Lipinski definition) is 2. The van der Waals surface area contributed by atoms with Crippen LogP contribution in [0.5, 0.6) is 0 Å². The van der Waals surface area contributed by atoms with Crippen molar-refractivity contribution in [3.63, 3.8) is 0 Å². The van der Waals surface area contributed by atoms with Crippen molar-refractivity contribution in [2.75, 3.05) is 12.4 Å². The molecule has 4 nitrogen and oxygen atoms in total. The average Bonchev–Trinajstić information content (AvgIpc) is 2.92. The molecule has 1 amide bonds. The van der Waals surface area contributed by atoms with Gasteiger partial charge in [-0.2, -0.15) is 0 Å².